The van der Waals surface area contributed by atoms with Crippen LogP contribution in [0.4, 0.5) is 5.69 Å². The maximum atomic E-state index is 6.21. The van der Waals surface area contributed by atoms with E-state index < -0.39 is 0 Å². The number of hydrogen-bond donors (Lipinski definition) is 1. The van der Waals surface area contributed by atoms with E-state index in [0.717, 1.165) is 17.9 Å². The largest absolute Gasteiger partial charge is 0.496 e. The fourth-order valence-electron chi connectivity index (χ4n) is 3.44. The lowest BCUT2D eigenvalue weighted by molar-refractivity contribution is 0.402. The fraction of sp³-hybridized carbons (Fsp3) is 0.647. The van der Waals surface area contributed by atoms with E-state index in [1.54, 1.807) is 7.11 Å². The number of methoxy groups -OCH3 is 1. The lowest BCUT2D eigenvalue weighted by Crippen LogP contribution is -2.37. The maximum absolute atomic E-state index is 6.21. The van der Waals surface area contributed by atoms with Crippen LogP contribution in [-0.2, 0) is 0 Å². The number of ether oxygens (including phenoxy) is 1. The van der Waals surface area contributed by atoms with Crippen LogP contribution in [0.5, 0.6) is 5.75 Å². The van der Waals surface area contributed by atoms with E-state index in [9.17, 15) is 0 Å². The Morgan fingerprint density at radius 1 is 1.30 bits per heavy atom. The number of nitrogens with two attached hydrogens (primary N) is 1. The minimum absolute atomic E-state index is 0.0150. The molecule has 112 valence electrons. The zero-order valence-electron chi connectivity index (χ0n) is 13.1. The van der Waals surface area contributed by atoms with Crippen LogP contribution in [0, 0.1) is 0 Å². The number of hydrogen-bond acceptors (Lipinski definition) is 3. The summed E-state index contributed by atoms with van der Waals surface area (Å²) in [5.41, 5.74) is 8.61. The summed E-state index contributed by atoms with van der Waals surface area (Å²) >= 11 is 0. The van der Waals surface area contributed by atoms with Crippen molar-refractivity contribution in [3.05, 3.63) is 23.8 Å². The predicted molar refractivity (Wildman–Crippen MR) is 85.5 cm³/mol. The molecule has 0 amide bonds. The van der Waals surface area contributed by atoms with Crippen molar-refractivity contribution in [2.45, 2.75) is 58.0 Å². The Labute approximate surface area is 123 Å². The first-order valence-electron chi connectivity index (χ1n) is 7.88. The van der Waals surface area contributed by atoms with E-state index in [0.29, 0.717) is 6.04 Å². The highest BCUT2D eigenvalue weighted by Gasteiger charge is 2.24. The molecule has 0 aromatic heterocycles. The average molecular weight is 276 g/mol. The first kappa shape index (κ1) is 15.2. The first-order chi connectivity index (χ1) is 9.69. The molecule has 20 heavy (non-hydrogen) atoms. The van der Waals surface area contributed by atoms with Crippen LogP contribution < -0.4 is 15.4 Å². The fourth-order valence-corrected chi connectivity index (χ4v) is 3.44. The number of benzene rings is 1. The van der Waals surface area contributed by atoms with Gasteiger partial charge in [-0.15, -0.1) is 0 Å². The van der Waals surface area contributed by atoms with Gasteiger partial charge in [0, 0.05) is 29.9 Å². The van der Waals surface area contributed by atoms with Crippen molar-refractivity contribution in [3.8, 4) is 5.75 Å². The van der Waals surface area contributed by atoms with Crippen LogP contribution in [0.25, 0.3) is 0 Å². The van der Waals surface area contributed by atoms with Gasteiger partial charge in [0.15, 0.2) is 0 Å². The van der Waals surface area contributed by atoms with Crippen molar-refractivity contribution < 1.29 is 4.74 Å². The van der Waals surface area contributed by atoms with Gasteiger partial charge in [0.05, 0.1) is 7.11 Å². The Kier molecular flexibility index (Phi) is 5.30. The minimum atomic E-state index is -0.0150. The SMILES string of the molecule is CCN(c1cccc(OC)c1[C@H](C)N)C1CCCCC1. The van der Waals surface area contributed by atoms with Crippen molar-refractivity contribution in [1.29, 1.82) is 0 Å². The second kappa shape index (κ2) is 6.98. The van der Waals surface area contributed by atoms with Crippen molar-refractivity contribution in [1.82, 2.24) is 0 Å². The molecule has 0 spiro atoms. The Balaban J connectivity index is 2.37. The van der Waals surface area contributed by atoms with Gasteiger partial charge in [-0.1, -0.05) is 25.3 Å². The quantitative estimate of drug-likeness (QED) is 0.887. The molecule has 1 fully saturated rings. The van der Waals surface area contributed by atoms with Crippen LogP contribution in [-0.4, -0.2) is 19.7 Å². The molecule has 1 aliphatic rings. The molecular formula is C17H28N2O. The molecule has 3 nitrogen and oxygen atoms in total. The van der Waals surface area contributed by atoms with Crippen molar-refractivity contribution in [3.63, 3.8) is 0 Å². The van der Waals surface area contributed by atoms with Crippen molar-refractivity contribution in [2.75, 3.05) is 18.6 Å². The second-order valence-corrected chi connectivity index (χ2v) is 5.76. The van der Waals surface area contributed by atoms with Crippen molar-refractivity contribution in [2.24, 2.45) is 5.73 Å². The monoisotopic (exact) mass is 276 g/mol. The van der Waals surface area contributed by atoms with E-state index in [2.05, 4.69) is 24.0 Å². The predicted octanol–water partition coefficient (Wildman–Crippen LogP) is 3.87. The first-order valence-corrected chi connectivity index (χ1v) is 7.88. The van der Waals surface area contributed by atoms with Crippen LogP contribution in [0.1, 0.15) is 57.6 Å². The molecule has 3 heteroatoms. The molecule has 2 rings (SSSR count). The topological polar surface area (TPSA) is 38.5 Å². The Morgan fingerprint density at radius 3 is 2.55 bits per heavy atom. The van der Waals surface area contributed by atoms with Gasteiger partial charge in [0.2, 0.25) is 0 Å². The van der Waals surface area contributed by atoms with Gasteiger partial charge in [-0.05, 0) is 38.8 Å². The Bertz CT molecular complexity index is 425. The molecule has 1 aromatic rings. The van der Waals surface area contributed by atoms with Crippen LogP contribution in [0.2, 0.25) is 0 Å². The normalized spacial score (nSPS) is 17.8. The van der Waals surface area contributed by atoms with Gasteiger partial charge < -0.3 is 15.4 Å². The third-order valence-corrected chi connectivity index (χ3v) is 4.38. The van der Waals surface area contributed by atoms with Gasteiger partial charge in [0.1, 0.15) is 5.75 Å². The van der Waals surface area contributed by atoms with Gasteiger partial charge in [-0.25, -0.2) is 0 Å². The molecule has 0 radical (unpaired) electrons. The molecule has 2 N–H and O–H groups in total. The molecule has 0 saturated heterocycles. The molecule has 0 bridgehead atoms. The summed E-state index contributed by atoms with van der Waals surface area (Å²) in [6, 6.07) is 6.92. The second-order valence-electron chi connectivity index (χ2n) is 5.76. The lowest BCUT2D eigenvalue weighted by atomic mass is 9.92. The molecule has 1 aromatic carbocycles. The van der Waals surface area contributed by atoms with E-state index in [1.165, 1.54) is 37.8 Å². The highest BCUT2D eigenvalue weighted by Crippen LogP contribution is 2.36. The molecule has 0 aliphatic heterocycles. The summed E-state index contributed by atoms with van der Waals surface area (Å²) < 4.78 is 5.52. The molecule has 0 unspecified atom stereocenters. The molecule has 1 aliphatic carbocycles. The van der Waals surface area contributed by atoms with Gasteiger partial charge in [-0.3, -0.25) is 0 Å². The summed E-state index contributed by atoms with van der Waals surface area (Å²) in [6.07, 6.45) is 6.66. The van der Waals surface area contributed by atoms with Gasteiger partial charge in [0.25, 0.3) is 0 Å². The Hall–Kier alpha value is -1.22. The number of nitrogens with zero attached hydrogens (tertiary/aromatic N) is 1. The Morgan fingerprint density at radius 2 is 2.00 bits per heavy atom. The maximum Gasteiger partial charge on any atom is 0.125 e. The summed E-state index contributed by atoms with van der Waals surface area (Å²) in [4.78, 5) is 2.53. The molecule has 0 heterocycles. The summed E-state index contributed by atoms with van der Waals surface area (Å²) in [5, 5.41) is 0. The zero-order valence-corrected chi connectivity index (χ0v) is 13.1. The van der Waals surface area contributed by atoms with Crippen LogP contribution in [0.15, 0.2) is 18.2 Å². The van der Waals surface area contributed by atoms with Crippen molar-refractivity contribution >= 4 is 5.69 Å². The van der Waals surface area contributed by atoms with E-state index in [1.807, 2.05) is 13.0 Å². The highest BCUT2D eigenvalue weighted by atomic mass is 16.5. The van der Waals surface area contributed by atoms with E-state index in [-0.39, 0.29) is 6.04 Å². The smallest absolute Gasteiger partial charge is 0.125 e. The number of rotatable bonds is 5. The number of anilines is 1. The van der Waals surface area contributed by atoms with Crippen LogP contribution >= 0.6 is 0 Å². The minimum Gasteiger partial charge on any atom is -0.496 e. The summed E-state index contributed by atoms with van der Waals surface area (Å²) in [7, 11) is 1.72. The van der Waals surface area contributed by atoms with Crippen LogP contribution in [0.3, 0.4) is 0 Å². The summed E-state index contributed by atoms with van der Waals surface area (Å²) in [5.74, 6) is 0.909. The summed E-state index contributed by atoms with van der Waals surface area (Å²) in [6.45, 7) is 5.30. The van der Waals surface area contributed by atoms with E-state index in [4.69, 9.17) is 10.5 Å². The zero-order chi connectivity index (χ0) is 14.5. The average Bonchev–Trinajstić information content (AvgIpc) is 2.48. The lowest BCUT2D eigenvalue weighted by Gasteiger charge is -2.37. The third kappa shape index (κ3) is 3.09. The molecule has 1 atom stereocenters. The van der Waals surface area contributed by atoms with E-state index >= 15 is 0 Å². The standard InChI is InChI=1S/C17H28N2O/c1-4-19(14-9-6-5-7-10-14)15-11-8-12-16(20-3)17(15)13(2)18/h8,11-14H,4-7,9-10,18H2,1-3H3/t13-/m0/s1. The molecular weight excluding hydrogens is 248 g/mol. The third-order valence-electron chi connectivity index (χ3n) is 4.38. The van der Waals surface area contributed by atoms with Gasteiger partial charge in [-0.2, -0.15) is 0 Å². The van der Waals surface area contributed by atoms with Gasteiger partial charge >= 0.3 is 0 Å². The molecule has 1 saturated carbocycles. The highest BCUT2D eigenvalue weighted by molar-refractivity contribution is 5.61.